The molecule has 3 N–H and O–H groups in total. The largest absolute Gasteiger partial charge is 0.394 e. The molecule has 0 heterocycles. The molecule has 0 spiro atoms. The van der Waals surface area contributed by atoms with Crippen LogP contribution in [0.2, 0.25) is 0 Å². The minimum atomic E-state index is -0.668. The van der Waals surface area contributed by atoms with E-state index < -0.39 is 12.1 Å². The number of unbranched alkanes of at least 4 members (excludes halogenated alkanes) is 16. The van der Waals surface area contributed by atoms with E-state index in [0.29, 0.717) is 12.8 Å². The molecule has 0 radical (unpaired) electrons. The summed E-state index contributed by atoms with van der Waals surface area (Å²) in [7, 11) is 0. The lowest BCUT2D eigenvalue weighted by atomic mass is 10.0. The molecule has 228 valence electrons. The highest BCUT2D eigenvalue weighted by Crippen LogP contribution is 2.14. The van der Waals surface area contributed by atoms with Gasteiger partial charge in [0.1, 0.15) is 0 Å². The van der Waals surface area contributed by atoms with Gasteiger partial charge < -0.3 is 15.5 Å². The van der Waals surface area contributed by atoms with Crippen molar-refractivity contribution < 1.29 is 15.0 Å². The third kappa shape index (κ3) is 28.0. The van der Waals surface area contributed by atoms with Crippen LogP contribution >= 0.6 is 0 Å². The van der Waals surface area contributed by atoms with Gasteiger partial charge in [-0.2, -0.15) is 0 Å². The predicted molar refractivity (Wildman–Crippen MR) is 170 cm³/mol. The van der Waals surface area contributed by atoms with Crippen molar-refractivity contribution in [3.8, 4) is 0 Å². The van der Waals surface area contributed by atoms with Gasteiger partial charge in [-0.3, -0.25) is 4.79 Å². The van der Waals surface area contributed by atoms with Crippen LogP contribution in [-0.4, -0.2) is 34.9 Å². The monoisotopic (exact) mass is 547 g/mol. The minimum absolute atomic E-state index is 0.0631. The van der Waals surface area contributed by atoms with E-state index in [4.69, 9.17) is 0 Å². The second-order valence-corrected chi connectivity index (χ2v) is 11.2. The molecule has 2 atom stereocenters. The lowest BCUT2D eigenvalue weighted by Crippen LogP contribution is -2.45. The molecule has 0 aliphatic rings. The molecule has 1 amide bonds. The first-order valence-electron chi connectivity index (χ1n) is 16.7. The number of hydrogen-bond donors (Lipinski definition) is 3. The lowest BCUT2D eigenvalue weighted by Gasteiger charge is -2.22. The summed E-state index contributed by atoms with van der Waals surface area (Å²) in [6.45, 7) is 4.21. The molecule has 0 bridgehead atoms. The Morgan fingerprint density at radius 1 is 0.641 bits per heavy atom. The Balaban J connectivity index is 3.65. The molecule has 4 nitrogen and oxygen atoms in total. The van der Waals surface area contributed by atoms with Gasteiger partial charge in [0.15, 0.2) is 0 Å². The molecule has 0 aliphatic carbocycles. The Labute approximate surface area is 242 Å². The summed E-state index contributed by atoms with van der Waals surface area (Å²) in [6, 6.07) is -0.548. The van der Waals surface area contributed by atoms with Crippen LogP contribution in [0.5, 0.6) is 0 Å². The Morgan fingerprint density at radius 3 is 1.67 bits per heavy atom. The van der Waals surface area contributed by atoms with Gasteiger partial charge in [0.2, 0.25) is 5.91 Å². The molecule has 2 unspecified atom stereocenters. The summed E-state index contributed by atoms with van der Waals surface area (Å²) in [5, 5.41) is 22.9. The molecule has 4 heteroatoms. The van der Waals surface area contributed by atoms with Crippen LogP contribution in [0, 0.1) is 0 Å². The summed E-state index contributed by atoms with van der Waals surface area (Å²) in [5.41, 5.74) is 0. The minimum Gasteiger partial charge on any atom is -0.394 e. The zero-order chi connectivity index (χ0) is 28.7. The van der Waals surface area contributed by atoms with E-state index in [2.05, 4.69) is 55.6 Å². The van der Waals surface area contributed by atoms with Crippen LogP contribution in [0.25, 0.3) is 0 Å². The van der Waals surface area contributed by atoms with E-state index >= 15 is 0 Å². The van der Waals surface area contributed by atoms with E-state index in [-0.39, 0.29) is 12.5 Å². The Hall–Kier alpha value is -1.39. The fourth-order valence-corrected chi connectivity index (χ4v) is 4.84. The fraction of sp³-hybridized carbons (Fsp3) is 0.800. The van der Waals surface area contributed by atoms with Crippen molar-refractivity contribution in [2.75, 3.05) is 6.61 Å². The third-order valence-electron chi connectivity index (χ3n) is 7.42. The number of allylic oxidation sites excluding steroid dienone is 6. The van der Waals surface area contributed by atoms with Crippen LogP contribution < -0.4 is 5.32 Å². The second-order valence-electron chi connectivity index (χ2n) is 11.2. The quantitative estimate of drug-likeness (QED) is 0.0645. The van der Waals surface area contributed by atoms with Gasteiger partial charge >= 0.3 is 0 Å². The van der Waals surface area contributed by atoms with Gasteiger partial charge in [0, 0.05) is 6.42 Å². The number of amides is 1. The summed E-state index contributed by atoms with van der Waals surface area (Å²) in [5.74, 6) is -0.0631. The summed E-state index contributed by atoms with van der Waals surface area (Å²) >= 11 is 0. The van der Waals surface area contributed by atoms with Crippen molar-refractivity contribution in [2.45, 2.75) is 174 Å². The van der Waals surface area contributed by atoms with Crippen LogP contribution in [0.3, 0.4) is 0 Å². The number of aliphatic hydroxyl groups is 2. The maximum atomic E-state index is 12.3. The predicted octanol–water partition coefficient (Wildman–Crippen LogP) is 9.51. The second kappa shape index (κ2) is 31.1. The van der Waals surface area contributed by atoms with Crippen molar-refractivity contribution in [3.05, 3.63) is 36.5 Å². The van der Waals surface area contributed by atoms with Gasteiger partial charge in [0.25, 0.3) is 0 Å². The van der Waals surface area contributed by atoms with Gasteiger partial charge in [-0.25, -0.2) is 0 Å². The highest BCUT2D eigenvalue weighted by atomic mass is 16.3. The zero-order valence-corrected chi connectivity index (χ0v) is 25.9. The number of nitrogens with one attached hydrogen (secondary N) is 1. The molecule has 39 heavy (non-hydrogen) atoms. The molecule has 0 saturated heterocycles. The average Bonchev–Trinajstić information content (AvgIpc) is 2.94. The maximum Gasteiger partial charge on any atom is 0.220 e. The van der Waals surface area contributed by atoms with Crippen LogP contribution in [-0.2, 0) is 4.79 Å². The van der Waals surface area contributed by atoms with Gasteiger partial charge in [0.05, 0.1) is 18.8 Å². The fourth-order valence-electron chi connectivity index (χ4n) is 4.84. The molecule has 0 fully saturated rings. The van der Waals surface area contributed by atoms with Crippen LogP contribution in [0.1, 0.15) is 162 Å². The number of rotatable bonds is 29. The lowest BCUT2D eigenvalue weighted by molar-refractivity contribution is -0.123. The molecule has 0 aromatic rings. The van der Waals surface area contributed by atoms with E-state index in [0.717, 1.165) is 57.8 Å². The summed E-state index contributed by atoms with van der Waals surface area (Å²) in [4.78, 5) is 12.3. The summed E-state index contributed by atoms with van der Waals surface area (Å²) < 4.78 is 0. The zero-order valence-electron chi connectivity index (χ0n) is 25.9. The third-order valence-corrected chi connectivity index (χ3v) is 7.42. The first-order valence-corrected chi connectivity index (χ1v) is 16.7. The van der Waals surface area contributed by atoms with E-state index in [9.17, 15) is 15.0 Å². The summed E-state index contributed by atoms with van der Waals surface area (Å²) in [6.07, 6.45) is 39.0. The van der Waals surface area contributed by atoms with Crippen LogP contribution in [0.4, 0.5) is 0 Å². The molecule has 0 aliphatic heterocycles. The van der Waals surface area contributed by atoms with Crippen LogP contribution in [0.15, 0.2) is 36.5 Å². The Morgan fingerprint density at radius 2 is 1.13 bits per heavy atom. The van der Waals surface area contributed by atoms with Gasteiger partial charge in [-0.05, 0) is 44.9 Å². The van der Waals surface area contributed by atoms with Gasteiger partial charge in [-0.1, -0.05) is 147 Å². The highest BCUT2D eigenvalue weighted by Gasteiger charge is 2.19. The number of aliphatic hydroxyl groups excluding tert-OH is 2. The van der Waals surface area contributed by atoms with Crippen molar-refractivity contribution in [2.24, 2.45) is 0 Å². The Bertz CT molecular complexity index is 599. The topological polar surface area (TPSA) is 69.6 Å². The number of carbonyl (C=O) groups is 1. The van der Waals surface area contributed by atoms with E-state index in [1.54, 1.807) is 0 Å². The highest BCUT2D eigenvalue weighted by molar-refractivity contribution is 5.76. The molecule has 0 aromatic carbocycles. The SMILES string of the molecule is CC/C=C\C/C=C\C/C=C\CCCCCC(=O)NC(CO)C(O)CCCCCCCCCCCCCCCC. The first kappa shape index (κ1) is 37.6. The van der Waals surface area contributed by atoms with Crippen molar-refractivity contribution in [1.29, 1.82) is 0 Å². The van der Waals surface area contributed by atoms with E-state index in [1.807, 2.05) is 0 Å². The molecular formula is C35H65NO3. The molecular weight excluding hydrogens is 482 g/mol. The molecule has 0 rings (SSSR count). The molecule has 0 saturated carbocycles. The standard InChI is InChI=1S/C35H65NO3/c1-3-5-7-9-11-13-15-17-19-20-22-24-26-28-30-34(38)33(32-37)36-35(39)31-29-27-25-23-21-18-16-14-12-10-8-6-4-2/h6,8,12,14,18,21,33-34,37-38H,3-5,7,9-11,13,15-17,19-20,22-32H2,1-2H3,(H,36,39)/b8-6-,14-12-,21-18-. The van der Waals surface area contributed by atoms with Crippen molar-refractivity contribution >= 4 is 5.91 Å². The number of hydrogen-bond acceptors (Lipinski definition) is 3. The van der Waals surface area contributed by atoms with Crippen molar-refractivity contribution in [3.63, 3.8) is 0 Å². The van der Waals surface area contributed by atoms with Gasteiger partial charge in [-0.15, -0.1) is 0 Å². The number of carbonyl (C=O) groups excluding carboxylic acids is 1. The smallest absolute Gasteiger partial charge is 0.220 e. The maximum absolute atomic E-state index is 12.3. The van der Waals surface area contributed by atoms with E-state index in [1.165, 1.54) is 77.0 Å². The molecule has 0 aromatic heterocycles. The first-order chi connectivity index (χ1) is 19.2. The Kier molecular flexibility index (Phi) is 30.0. The van der Waals surface area contributed by atoms with Crippen molar-refractivity contribution in [1.82, 2.24) is 5.32 Å². The average molecular weight is 548 g/mol. The normalized spacial score (nSPS) is 13.6.